The molecule has 3 amide bonds. The fraction of sp³-hybridized carbons (Fsp3) is 0.413. The van der Waals surface area contributed by atoms with Crippen molar-refractivity contribution in [2.24, 2.45) is 4.99 Å². The molecule has 62 heavy (non-hydrogen) atoms. The van der Waals surface area contributed by atoms with Gasteiger partial charge in [0.05, 0.1) is 74.6 Å². The molecule has 7 rings (SSSR count). The largest absolute Gasteiger partial charge is 0.493 e. The summed E-state index contributed by atoms with van der Waals surface area (Å²) in [7, 11) is 4.74. The van der Waals surface area contributed by atoms with Gasteiger partial charge in [-0.2, -0.15) is 0 Å². The average Bonchev–Trinajstić information content (AvgIpc) is 3.82. The van der Waals surface area contributed by atoms with Crippen LogP contribution in [0.5, 0.6) is 23.0 Å². The van der Waals surface area contributed by atoms with Crippen LogP contribution in [0.25, 0.3) is 0 Å². The van der Waals surface area contributed by atoms with Crippen molar-refractivity contribution in [2.45, 2.75) is 83.8 Å². The minimum absolute atomic E-state index is 0.0174. The molecule has 0 saturated heterocycles. The third kappa shape index (κ3) is 9.26. The van der Waals surface area contributed by atoms with Crippen LogP contribution in [0.2, 0.25) is 0 Å². The number of ketones is 1. The highest BCUT2D eigenvalue weighted by Gasteiger charge is 2.45. The second-order valence-electron chi connectivity index (χ2n) is 15.9. The van der Waals surface area contributed by atoms with E-state index in [1.54, 1.807) is 67.7 Å². The maximum Gasteiger partial charge on any atom is 0.416 e. The number of unbranched alkanes of at least 4 members (excludes halogenated alkanes) is 2. The molecule has 4 heterocycles. The average molecular weight is 851 g/mol. The van der Waals surface area contributed by atoms with E-state index in [1.165, 1.54) is 31.3 Å². The second kappa shape index (κ2) is 19.1. The van der Waals surface area contributed by atoms with Crippen molar-refractivity contribution < 1.29 is 48.0 Å². The van der Waals surface area contributed by atoms with Gasteiger partial charge in [0.1, 0.15) is 6.61 Å². The number of methoxy groups -OCH3 is 2. The lowest BCUT2D eigenvalue weighted by Gasteiger charge is -2.31. The van der Waals surface area contributed by atoms with Gasteiger partial charge in [0.15, 0.2) is 35.0 Å². The number of likely N-dealkylation sites (N-methyl/N-ethyl adjacent to an activating group) is 1. The highest BCUT2D eigenvalue weighted by Crippen LogP contribution is 2.42. The Labute approximate surface area is 361 Å². The summed E-state index contributed by atoms with van der Waals surface area (Å²) in [4.78, 5) is 62.4. The Balaban J connectivity index is 0.986. The van der Waals surface area contributed by atoms with E-state index in [-0.39, 0.29) is 60.5 Å². The van der Waals surface area contributed by atoms with Gasteiger partial charge < -0.3 is 49.2 Å². The summed E-state index contributed by atoms with van der Waals surface area (Å²) in [6.07, 6.45) is 6.26. The zero-order valence-electron chi connectivity index (χ0n) is 35.9. The number of nitrogens with one attached hydrogen (secondary N) is 2. The minimum atomic E-state index is -1.43. The van der Waals surface area contributed by atoms with E-state index >= 15 is 0 Å². The van der Waals surface area contributed by atoms with E-state index in [0.29, 0.717) is 59.9 Å². The SMILES string of the molecule is CN[C@@H](C)C(=O)CNc1ccc(COC(=O)N2c3cc(OCCCCCOc4cc5c(cc4OC)C(=O)N4C=C(C)C[C@H]4C=N5)c(OC)cc3C(=O)N3C=C(C)C[C@H]3[C@@H]2O)cc1. The summed E-state index contributed by atoms with van der Waals surface area (Å²) in [6, 6.07) is 12.5. The zero-order chi connectivity index (χ0) is 44.1. The Morgan fingerprint density at radius 3 is 2.15 bits per heavy atom. The predicted molar refractivity (Wildman–Crippen MR) is 233 cm³/mol. The third-order valence-corrected chi connectivity index (χ3v) is 11.4. The first kappa shape index (κ1) is 43.7. The molecule has 0 aromatic heterocycles. The van der Waals surface area contributed by atoms with Gasteiger partial charge in [-0.15, -0.1) is 0 Å². The molecule has 0 spiro atoms. The number of anilines is 2. The lowest BCUT2D eigenvalue weighted by Crippen LogP contribution is -2.50. The van der Waals surface area contributed by atoms with Gasteiger partial charge in [-0.25, -0.2) is 9.69 Å². The monoisotopic (exact) mass is 850 g/mol. The summed E-state index contributed by atoms with van der Waals surface area (Å²) in [5, 5.41) is 17.8. The first-order valence-corrected chi connectivity index (χ1v) is 20.8. The molecule has 4 aliphatic heterocycles. The summed E-state index contributed by atoms with van der Waals surface area (Å²) in [6.45, 7) is 6.37. The van der Waals surface area contributed by atoms with Crippen LogP contribution in [0.4, 0.5) is 21.9 Å². The van der Waals surface area contributed by atoms with Crippen molar-refractivity contribution >= 4 is 47.0 Å². The number of nitrogens with zero attached hydrogens (tertiary/aromatic N) is 4. The number of rotatable bonds is 17. The molecule has 0 saturated carbocycles. The third-order valence-electron chi connectivity index (χ3n) is 11.4. The number of benzene rings is 3. The molecular formula is C46H54N6O10. The van der Waals surface area contributed by atoms with Gasteiger partial charge in [-0.1, -0.05) is 23.3 Å². The van der Waals surface area contributed by atoms with Crippen LogP contribution in [0.1, 0.15) is 79.2 Å². The van der Waals surface area contributed by atoms with Crippen molar-refractivity contribution in [3.05, 3.63) is 88.8 Å². The molecule has 3 N–H and O–H groups in total. The van der Waals surface area contributed by atoms with Crippen LogP contribution in [-0.4, -0.2) is 110 Å². The fourth-order valence-electron chi connectivity index (χ4n) is 7.86. The number of carbonyl (C=O) groups excluding carboxylic acids is 4. The Hall–Kier alpha value is -6.39. The van der Waals surface area contributed by atoms with Gasteiger partial charge in [-0.3, -0.25) is 19.4 Å². The predicted octanol–water partition coefficient (Wildman–Crippen LogP) is 6.35. The molecule has 0 radical (unpaired) electrons. The Bertz CT molecular complexity index is 2290. The van der Waals surface area contributed by atoms with Gasteiger partial charge in [-0.05, 0) is 89.8 Å². The van der Waals surface area contributed by atoms with Crippen molar-refractivity contribution in [1.29, 1.82) is 0 Å². The minimum Gasteiger partial charge on any atom is -0.493 e. The number of aliphatic imine (C=N–C) groups is 1. The van der Waals surface area contributed by atoms with Gasteiger partial charge in [0, 0.05) is 36.4 Å². The molecule has 0 unspecified atom stereocenters. The topological polar surface area (TPSA) is 181 Å². The van der Waals surface area contributed by atoms with Crippen LogP contribution in [-0.2, 0) is 16.1 Å². The first-order valence-electron chi connectivity index (χ1n) is 20.8. The number of aliphatic hydroxyl groups excluding tert-OH is 1. The molecular weight excluding hydrogens is 797 g/mol. The Kier molecular flexibility index (Phi) is 13.5. The highest BCUT2D eigenvalue weighted by molar-refractivity contribution is 6.07. The van der Waals surface area contributed by atoms with Gasteiger partial charge in [0.25, 0.3) is 11.8 Å². The molecule has 3 aromatic carbocycles. The standard InChI is InChI=1S/C46H54N6O10/c1-27-16-32-22-49-35-20-41(39(58-5)18-33(35)43(54)50(32)24-27)60-14-8-7-9-15-61-42-21-36-34(19-40(42)59-6)44(55)51-25-28(2)17-37(51)45(56)52(36)46(57)62-26-30-10-12-31(13-11-30)48-23-38(53)29(3)47-4/h10-13,18-22,24-25,29,32,37,45,47-48,56H,7-9,14-17,23,26H2,1-6H3/t29-,32-,37-,45-/m0/s1. The van der Waals surface area contributed by atoms with Crippen molar-refractivity contribution in [3.8, 4) is 23.0 Å². The summed E-state index contributed by atoms with van der Waals surface area (Å²) >= 11 is 0. The number of aliphatic hydroxyl groups is 1. The molecule has 0 bridgehead atoms. The van der Waals surface area contributed by atoms with Crippen molar-refractivity contribution in [3.63, 3.8) is 0 Å². The lowest BCUT2D eigenvalue weighted by molar-refractivity contribution is -0.118. The second-order valence-corrected chi connectivity index (χ2v) is 15.9. The molecule has 16 heteroatoms. The zero-order valence-corrected chi connectivity index (χ0v) is 35.9. The number of amides is 3. The van der Waals surface area contributed by atoms with E-state index in [2.05, 4.69) is 15.6 Å². The van der Waals surface area contributed by atoms with Crippen molar-refractivity contribution in [2.75, 3.05) is 51.2 Å². The number of ether oxygens (including phenoxy) is 5. The number of Topliss-reactive ketones (excluding diaryl/α,β-unsaturated/α-hetero) is 1. The molecule has 0 fully saturated rings. The Morgan fingerprint density at radius 1 is 0.839 bits per heavy atom. The van der Waals surface area contributed by atoms with E-state index in [9.17, 15) is 24.3 Å². The maximum absolute atomic E-state index is 14.0. The summed E-state index contributed by atoms with van der Waals surface area (Å²) < 4.78 is 29.3. The maximum atomic E-state index is 14.0. The molecule has 328 valence electrons. The number of carbonyl (C=O) groups is 4. The number of fused-ring (bicyclic) bond motifs is 4. The number of hydrogen-bond acceptors (Lipinski definition) is 13. The smallest absolute Gasteiger partial charge is 0.416 e. The van der Waals surface area contributed by atoms with E-state index in [1.807, 2.05) is 20.0 Å². The molecule has 0 aliphatic carbocycles. The van der Waals surface area contributed by atoms with E-state index in [4.69, 9.17) is 23.7 Å². The summed E-state index contributed by atoms with van der Waals surface area (Å²) in [5.41, 5.74) is 4.68. The van der Waals surface area contributed by atoms with E-state index < -0.39 is 24.3 Å². The van der Waals surface area contributed by atoms with Gasteiger partial charge >= 0.3 is 6.09 Å². The molecule has 3 aromatic rings. The van der Waals surface area contributed by atoms with Crippen molar-refractivity contribution in [1.82, 2.24) is 15.1 Å². The van der Waals surface area contributed by atoms with Crippen LogP contribution >= 0.6 is 0 Å². The lowest BCUT2D eigenvalue weighted by atomic mass is 10.1. The normalized spacial score (nSPS) is 19.3. The quantitative estimate of drug-likeness (QED) is 0.128. The van der Waals surface area contributed by atoms with Crippen LogP contribution in [0.15, 0.2) is 77.1 Å². The molecule has 4 atom stereocenters. The van der Waals surface area contributed by atoms with Gasteiger partial charge in [0.2, 0.25) is 0 Å². The van der Waals surface area contributed by atoms with E-state index in [0.717, 1.165) is 34.6 Å². The first-order chi connectivity index (χ1) is 29.9. The fourth-order valence-corrected chi connectivity index (χ4v) is 7.86. The van der Waals surface area contributed by atoms with Crippen LogP contribution in [0.3, 0.4) is 0 Å². The number of hydrogen-bond donors (Lipinski definition) is 3. The van der Waals surface area contributed by atoms with Crippen LogP contribution in [0, 0.1) is 0 Å². The molecule has 4 aliphatic rings. The molecule has 16 nitrogen and oxygen atoms in total. The Morgan fingerprint density at radius 2 is 1.47 bits per heavy atom. The highest BCUT2D eigenvalue weighted by atomic mass is 16.6. The van der Waals surface area contributed by atoms with Crippen LogP contribution < -0.4 is 34.5 Å². The summed E-state index contributed by atoms with van der Waals surface area (Å²) in [5.74, 6) is 1.02.